The first-order valence-electron chi connectivity index (χ1n) is 6.84. The topological polar surface area (TPSA) is 17.1 Å². The molecule has 0 heterocycles. The third-order valence-electron chi connectivity index (χ3n) is 4.65. The maximum Gasteiger partial charge on any atom is 0.165 e. The zero-order chi connectivity index (χ0) is 12.1. The highest BCUT2D eigenvalue weighted by molar-refractivity contribution is 6.01. The number of fused-ring (bicyclic) bond motifs is 2. The quantitative estimate of drug-likeness (QED) is 0.718. The van der Waals surface area contributed by atoms with Crippen LogP contribution in [-0.2, 0) is 0 Å². The van der Waals surface area contributed by atoms with E-state index in [2.05, 4.69) is 24.3 Å². The third-order valence-corrected chi connectivity index (χ3v) is 4.65. The zero-order valence-electron chi connectivity index (χ0n) is 10.3. The Balaban J connectivity index is 1.67. The fourth-order valence-corrected chi connectivity index (χ4v) is 3.51. The molecule has 0 radical (unpaired) electrons. The van der Waals surface area contributed by atoms with Crippen LogP contribution < -0.4 is 0 Å². The monoisotopic (exact) mass is 236 g/mol. The molecule has 0 aliphatic heterocycles. The van der Waals surface area contributed by atoms with Gasteiger partial charge in [0.1, 0.15) is 0 Å². The van der Waals surface area contributed by atoms with Gasteiger partial charge in [-0.3, -0.25) is 4.79 Å². The maximum absolute atomic E-state index is 12.5. The lowest BCUT2D eigenvalue weighted by Gasteiger charge is -2.11. The van der Waals surface area contributed by atoms with Crippen molar-refractivity contribution < 1.29 is 4.79 Å². The summed E-state index contributed by atoms with van der Waals surface area (Å²) >= 11 is 0. The number of benzene rings is 2. The van der Waals surface area contributed by atoms with Crippen LogP contribution in [0.3, 0.4) is 0 Å². The highest BCUT2D eigenvalue weighted by Gasteiger charge is 2.47. The number of ketones is 1. The van der Waals surface area contributed by atoms with Crippen molar-refractivity contribution in [1.82, 2.24) is 0 Å². The predicted octanol–water partition coefficient (Wildman–Crippen LogP) is 4.07. The van der Waals surface area contributed by atoms with Gasteiger partial charge in [0, 0.05) is 11.5 Å². The molecule has 2 aromatic rings. The normalized spacial score (nSPS) is 29.2. The first kappa shape index (κ1) is 10.3. The molecule has 2 saturated carbocycles. The Kier molecular flexibility index (Phi) is 2.11. The van der Waals surface area contributed by atoms with Crippen LogP contribution in [0.4, 0.5) is 0 Å². The van der Waals surface area contributed by atoms with E-state index in [1.54, 1.807) is 0 Å². The molecule has 0 bridgehead atoms. The molecular formula is C17H16O. The Morgan fingerprint density at radius 1 is 0.889 bits per heavy atom. The van der Waals surface area contributed by atoms with Gasteiger partial charge in [-0.25, -0.2) is 0 Å². The van der Waals surface area contributed by atoms with Crippen LogP contribution in [0, 0.1) is 17.8 Å². The summed E-state index contributed by atoms with van der Waals surface area (Å²) in [4.78, 5) is 12.5. The first-order chi connectivity index (χ1) is 8.81. The van der Waals surface area contributed by atoms with Crippen molar-refractivity contribution >= 4 is 16.6 Å². The van der Waals surface area contributed by atoms with Crippen LogP contribution in [0.1, 0.15) is 29.6 Å². The van der Waals surface area contributed by atoms with E-state index in [4.69, 9.17) is 0 Å². The lowest BCUT2D eigenvalue weighted by atomic mass is 9.92. The van der Waals surface area contributed by atoms with Gasteiger partial charge in [0.25, 0.3) is 0 Å². The van der Waals surface area contributed by atoms with Crippen LogP contribution in [0.2, 0.25) is 0 Å². The summed E-state index contributed by atoms with van der Waals surface area (Å²) in [6.07, 6.45) is 3.65. The average molecular weight is 236 g/mol. The van der Waals surface area contributed by atoms with Gasteiger partial charge in [0.05, 0.1) is 0 Å². The van der Waals surface area contributed by atoms with E-state index >= 15 is 0 Å². The van der Waals surface area contributed by atoms with Gasteiger partial charge in [0.2, 0.25) is 0 Å². The van der Waals surface area contributed by atoms with Crippen molar-refractivity contribution in [3.8, 4) is 0 Å². The second kappa shape index (κ2) is 3.68. The van der Waals surface area contributed by atoms with Gasteiger partial charge in [-0.2, -0.15) is 0 Å². The summed E-state index contributed by atoms with van der Waals surface area (Å²) in [6.45, 7) is 0. The second-order valence-electron chi connectivity index (χ2n) is 5.85. The fourth-order valence-electron chi connectivity index (χ4n) is 3.51. The Morgan fingerprint density at radius 3 is 2.39 bits per heavy atom. The van der Waals surface area contributed by atoms with Crippen molar-refractivity contribution in [2.45, 2.75) is 19.3 Å². The third kappa shape index (κ3) is 1.58. The molecule has 2 aliphatic carbocycles. The largest absolute Gasteiger partial charge is 0.294 e. The average Bonchev–Trinajstić information content (AvgIpc) is 3.04. The maximum atomic E-state index is 12.5. The van der Waals surface area contributed by atoms with Gasteiger partial charge < -0.3 is 0 Å². The standard InChI is InChI=1S/C17H16O/c18-17(16-9-14-8-15(14)10-16)13-6-5-11-3-1-2-4-12(11)7-13/h1-7,14-16H,8-10H2. The van der Waals surface area contributed by atoms with Crippen LogP contribution >= 0.6 is 0 Å². The predicted molar refractivity (Wildman–Crippen MR) is 72.6 cm³/mol. The molecule has 1 heteroatoms. The van der Waals surface area contributed by atoms with Crippen LogP contribution in [0.5, 0.6) is 0 Å². The summed E-state index contributed by atoms with van der Waals surface area (Å²) in [5, 5.41) is 2.38. The van der Waals surface area contributed by atoms with Crippen LogP contribution in [0.25, 0.3) is 10.8 Å². The lowest BCUT2D eigenvalue weighted by Crippen LogP contribution is -2.12. The van der Waals surface area contributed by atoms with Crippen LogP contribution in [-0.4, -0.2) is 5.78 Å². The van der Waals surface area contributed by atoms with E-state index < -0.39 is 0 Å². The van der Waals surface area contributed by atoms with E-state index in [0.29, 0.717) is 11.7 Å². The van der Waals surface area contributed by atoms with E-state index in [1.165, 1.54) is 17.2 Å². The van der Waals surface area contributed by atoms with Gasteiger partial charge in [-0.05, 0) is 47.9 Å². The Hall–Kier alpha value is -1.63. The van der Waals surface area contributed by atoms with Crippen molar-refractivity contribution in [2.75, 3.05) is 0 Å². The number of hydrogen-bond donors (Lipinski definition) is 0. The smallest absolute Gasteiger partial charge is 0.165 e. The molecule has 0 spiro atoms. The molecule has 0 N–H and O–H groups in total. The highest BCUT2D eigenvalue weighted by atomic mass is 16.1. The minimum atomic E-state index is 0.301. The molecule has 18 heavy (non-hydrogen) atoms. The molecule has 0 aromatic heterocycles. The molecule has 2 aliphatic rings. The van der Waals surface area contributed by atoms with Gasteiger partial charge >= 0.3 is 0 Å². The fraction of sp³-hybridized carbons (Fsp3) is 0.353. The van der Waals surface area contributed by atoms with Crippen molar-refractivity contribution in [3.05, 3.63) is 48.0 Å². The summed E-state index contributed by atoms with van der Waals surface area (Å²) in [7, 11) is 0. The SMILES string of the molecule is O=C(c1ccc2ccccc2c1)C1CC2CC2C1. The van der Waals surface area contributed by atoms with Gasteiger partial charge in [0.15, 0.2) is 5.78 Å². The molecular weight excluding hydrogens is 220 g/mol. The van der Waals surface area contributed by atoms with E-state index in [0.717, 1.165) is 30.2 Å². The Labute approximate surface area is 107 Å². The van der Waals surface area contributed by atoms with Crippen molar-refractivity contribution in [2.24, 2.45) is 17.8 Å². The molecule has 2 atom stereocenters. The van der Waals surface area contributed by atoms with Gasteiger partial charge in [-0.1, -0.05) is 36.4 Å². The number of carbonyl (C=O) groups is 1. The zero-order valence-corrected chi connectivity index (χ0v) is 10.3. The van der Waals surface area contributed by atoms with Crippen molar-refractivity contribution in [3.63, 3.8) is 0 Å². The minimum Gasteiger partial charge on any atom is -0.294 e. The highest BCUT2D eigenvalue weighted by Crippen LogP contribution is 2.54. The van der Waals surface area contributed by atoms with E-state index in [-0.39, 0.29) is 0 Å². The minimum absolute atomic E-state index is 0.301. The first-order valence-corrected chi connectivity index (χ1v) is 6.84. The van der Waals surface area contributed by atoms with E-state index in [9.17, 15) is 4.79 Å². The second-order valence-corrected chi connectivity index (χ2v) is 5.85. The molecule has 2 aromatic carbocycles. The number of Topliss-reactive ketones (excluding diaryl/α,β-unsaturated/α-hetero) is 1. The molecule has 0 amide bonds. The molecule has 4 rings (SSSR count). The Morgan fingerprint density at radius 2 is 1.61 bits per heavy atom. The molecule has 2 unspecified atom stereocenters. The summed E-state index contributed by atoms with van der Waals surface area (Å²) < 4.78 is 0. The summed E-state index contributed by atoms with van der Waals surface area (Å²) in [5.74, 6) is 2.42. The molecule has 0 saturated heterocycles. The number of rotatable bonds is 2. The Bertz CT molecular complexity index is 618. The molecule has 1 nitrogen and oxygen atoms in total. The molecule has 2 fully saturated rings. The lowest BCUT2D eigenvalue weighted by molar-refractivity contribution is 0.0914. The number of carbonyl (C=O) groups excluding carboxylic acids is 1. The van der Waals surface area contributed by atoms with Crippen molar-refractivity contribution in [1.29, 1.82) is 0 Å². The van der Waals surface area contributed by atoms with Crippen LogP contribution in [0.15, 0.2) is 42.5 Å². The summed E-state index contributed by atoms with van der Waals surface area (Å²) in [6, 6.07) is 14.4. The van der Waals surface area contributed by atoms with Gasteiger partial charge in [-0.15, -0.1) is 0 Å². The number of hydrogen-bond acceptors (Lipinski definition) is 1. The molecule has 90 valence electrons. The van der Waals surface area contributed by atoms with E-state index in [1.807, 2.05) is 18.2 Å². The summed E-state index contributed by atoms with van der Waals surface area (Å²) in [5.41, 5.74) is 0.903.